The number of allylic oxidation sites excluding steroid dienone is 1. The van der Waals surface area contributed by atoms with E-state index in [1.165, 1.54) is 94.1 Å². The number of Topliss-reactive ketones (excluding diaryl/α,β-unsaturated/α-hetero) is 1. The molecule has 354 valence electrons. The highest BCUT2D eigenvalue weighted by molar-refractivity contribution is 6.06. The molecule has 3 aliphatic carbocycles. The summed E-state index contributed by atoms with van der Waals surface area (Å²) in [5, 5.41) is 18.6. The average Bonchev–Trinajstić information content (AvgIpc) is 3.96. The summed E-state index contributed by atoms with van der Waals surface area (Å²) in [6.45, 7) is 3.27. The minimum atomic E-state index is -0.203. The van der Waals surface area contributed by atoms with Crippen LogP contribution in [0.5, 0.6) is 11.5 Å². The predicted octanol–water partition coefficient (Wildman–Crippen LogP) is 10.8. The molecule has 3 heterocycles. The van der Waals surface area contributed by atoms with Crippen LogP contribution >= 0.6 is 0 Å². The lowest BCUT2D eigenvalue weighted by atomic mass is 9.57. The van der Waals surface area contributed by atoms with E-state index >= 15 is 0 Å². The van der Waals surface area contributed by atoms with Gasteiger partial charge < -0.3 is 26.2 Å². The molecule has 1 aromatic heterocycles. The normalized spacial score (nSPS) is 25.3. The number of rotatable bonds is 19. The second-order valence-corrected chi connectivity index (χ2v) is 21.4. The van der Waals surface area contributed by atoms with Crippen molar-refractivity contribution < 1.29 is 19.4 Å². The molecule has 8 heteroatoms. The molecule has 3 aromatic carbocycles. The second-order valence-electron chi connectivity index (χ2n) is 21.4. The van der Waals surface area contributed by atoms with Crippen LogP contribution in [0.15, 0.2) is 97.2 Å². The summed E-state index contributed by atoms with van der Waals surface area (Å²) in [5.74, 6) is 3.47. The quantitative estimate of drug-likeness (QED) is 0.0416. The number of nitrogen functional groups attached to an aromatic ring is 1. The molecular formula is C59H74N4O4. The van der Waals surface area contributed by atoms with Gasteiger partial charge in [0.05, 0.1) is 13.5 Å². The third-order valence-corrected chi connectivity index (χ3v) is 17.0. The summed E-state index contributed by atoms with van der Waals surface area (Å²) in [5.41, 5.74) is 14.6. The molecule has 9 rings (SSSR count). The van der Waals surface area contributed by atoms with Gasteiger partial charge in [-0.15, -0.1) is 0 Å². The van der Waals surface area contributed by atoms with E-state index in [4.69, 9.17) is 10.5 Å². The Balaban J connectivity index is 0.836. The first kappa shape index (κ1) is 47.0. The fraction of sp³-hybridized carbons (Fsp3) is 0.508. The standard InChI is InChI=1S/C59H74N4O4/c1-67-55-34-44(47(33-54(55)66)32-48-39-63-56(60)35-45(48)19-18-43-13-7-12-42(30-43)17-16-41-10-3-2-4-11-41)20-21-51(65)36-50(64)15-8-25-59(27-26-58(40-59)23-5-6-24-58)37-53-52-22-29-61-38-49(52)31-46-14-9-28-62-57(46)53/h2-4,7,9-14,20-21,30,33-35,39,46,49,52-53,57,61-62,66H,5-6,8,15-19,22-29,31-32,36-38,40H2,1H3,(H2,60,63)/b21-20+/t46-,49-,52+,53-,57+,59+/m0/s1. The SMILES string of the molecule is COc1cc(/C=C/C(=O)CC(=O)CCC[C@]2(C[C@H]3[C@@H]4CCNC[C@@H]4C[C@@H]4C=CCN[C@@H]34)CCC3(CCCC3)C2)c(Cc2cnc(N)cc2CCc2cccc(CCc3ccccc3)c2)cc1O. The van der Waals surface area contributed by atoms with E-state index in [9.17, 15) is 14.7 Å². The van der Waals surface area contributed by atoms with Crippen molar-refractivity contribution in [1.29, 1.82) is 0 Å². The van der Waals surface area contributed by atoms with E-state index in [2.05, 4.69) is 82.4 Å². The van der Waals surface area contributed by atoms with E-state index in [0.717, 1.165) is 92.2 Å². The Kier molecular flexibility index (Phi) is 15.1. The smallest absolute Gasteiger partial charge is 0.163 e. The predicted molar refractivity (Wildman–Crippen MR) is 270 cm³/mol. The van der Waals surface area contributed by atoms with Gasteiger partial charge in [-0.2, -0.15) is 0 Å². The van der Waals surface area contributed by atoms with Crippen molar-refractivity contribution in [3.8, 4) is 11.5 Å². The first-order chi connectivity index (χ1) is 32.7. The van der Waals surface area contributed by atoms with Gasteiger partial charge in [-0.25, -0.2) is 4.98 Å². The third-order valence-electron chi connectivity index (χ3n) is 17.0. The number of pyridine rings is 1. The molecule has 0 radical (unpaired) electrons. The number of hydrogen-bond donors (Lipinski definition) is 4. The number of carbonyl (C=O) groups is 2. The number of aromatic hydroxyl groups is 1. The van der Waals surface area contributed by atoms with Gasteiger partial charge in [0.2, 0.25) is 0 Å². The number of aromatic nitrogens is 1. The van der Waals surface area contributed by atoms with Gasteiger partial charge in [0.15, 0.2) is 17.3 Å². The molecule has 1 saturated heterocycles. The summed E-state index contributed by atoms with van der Waals surface area (Å²) in [6.07, 6.45) is 29.7. The number of carbonyl (C=O) groups excluding carboxylic acids is 2. The number of phenolic OH excluding ortho intramolecular Hbond substituents is 1. The number of anilines is 1. The van der Waals surface area contributed by atoms with Crippen molar-refractivity contribution in [3.63, 3.8) is 0 Å². The first-order valence-electron chi connectivity index (χ1n) is 25.7. The molecule has 5 aliphatic rings. The van der Waals surface area contributed by atoms with E-state index in [-0.39, 0.29) is 29.2 Å². The number of aryl methyl sites for hydroxylation is 4. The molecule has 4 aromatic rings. The first-order valence-corrected chi connectivity index (χ1v) is 25.7. The lowest BCUT2D eigenvalue weighted by Gasteiger charge is -2.52. The molecular weight excluding hydrogens is 829 g/mol. The number of hydrogen-bond acceptors (Lipinski definition) is 8. The van der Waals surface area contributed by atoms with Crippen molar-refractivity contribution >= 4 is 23.5 Å². The highest BCUT2D eigenvalue weighted by Crippen LogP contribution is 2.62. The molecule has 8 nitrogen and oxygen atoms in total. The number of benzene rings is 3. The van der Waals surface area contributed by atoms with E-state index in [1.54, 1.807) is 18.2 Å². The van der Waals surface area contributed by atoms with Crippen LogP contribution in [0.2, 0.25) is 0 Å². The van der Waals surface area contributed by atoms with Crippen LogP contribution in [-0.4, -0.2) is 54.4 Å². The number of methoxy groups -OCH3 is 1. The molecule has 1 spiro atoms. The topological polar surface area (TPSA) is 127 Å². The molecule has 67 heavy (non-hydrogen) atoms. The van der Waals surface area contributed by atoms with Crippen LogP contribution in [0.1, 0.15) is 129 Å². The zero-order chi connectivity index (χ0) is 46.2. The number of fused-ring (bicyclic) bond motifs is 2. The molecule has 0 amide bonds. The van der Waals surface area contributed by atoms with Crippen molar-refractivity contribution in [2.24, 2.45) is 34.5 Å². The molecule has 0 bridgehead atoms. The second kappa shape index (κ2) is 21.5. The molecule has 0 unspecified atom stereocenters. The number of nitrogens with two attached hydrogens (primary N) is 1. The molecule has 6 atom stereocenters. The highest BCUT2D eigenvalue weighted by atomic mass is 16.5. The van der Waals surface area contributed by atoms with Gasteiger partial charge in [0.1, 0.15) is 11.6 Å². The minimum absolute atomic E-state index is 0.0245. The molecule has 4 fully saturated rings. The lowest BCUT2D eigenvalue weighted by molar-refractivity contribution is -0.124. The van der Waals surface area contributed by atoms with E-state index in [1.807, 2.05) is 12.3 Å². The summed E-state index contributed by atoms with van der Waals surface area (Å²) in [4.78, 5) is 31.6. The monoisotopic (exact) mass is 903 g/mol. The van der Waals surface area contributed by atoms with Crippen LogP contribution in [0.4, 0.5) is 5.82 Å². The summed E-state index contributed by atoms with van der Waals surface area (Å²) < 4.78 is 5.51. The fourth-order valence-electron chi connectivity index (χ4n) is 13.7. The Bertz CT molecular complexity index is 2400. The largest absolute Gasteiger partial charge is 0.504 e. The van der Waals surface area contributed by atoms with Gasteiger partial charge in [-0.05, 0) is 207 Å². The van der Waals surface area contributed by atoms with Crippen LogP contribution in [0.3, 0.4) is 0 Å². The van der Waals surface area contributed by atoms with Crippen molar-refractivity contribution in [2.75, 3.05) is 32.5 Å². The Labute approximate surface area is 399 Å². The Morgan fingerprint density at radius 1 is 0.910 bits per heavy atom. The van der Waals surface area contributed by atoms with E-state index < -0.39 is 0 Å². The maximum Gasteiger partial charge on any atom is 0.163 e. The van der Waals surface area contributed by atoms with Crippen LogP contribution in [-0.2, 0) is 41.7 Å². The summed E-state index contributed by atoms with van der Waals surface area (Å²) >= 11 is 0. The maximum atomic E-state index is 13.6. The van der Waals surface area contributed by atoms with Crippen LogP contribution < -0.4 is 21.1 Å². The van der Waals surface area contributed by atoms with Crippen molar-refractivity contribution in [1.82, 2.24) is 15.6 Å². The van der Waals surface area contributed by atoms with Gasteiger partial charge >= 0.3 is 0 Å². The van der Waals surface area contributed by atoms with Crippen molar-refractivity contribution in [3.05, 3.63) is 136 Å². The number of phenols is 1. The fourth-order valence-corrected chi connectivity index (χ4v) is 13.7. The van der Waals surface area contributed by atoms with Crippen LogP contribution in [0, 0.1) is 34.5 Å². The number of piperidine rings is 1. The molecule has 2 aliphatic heterocycles. The van der Waals surface area contributed by atoms with Gasteiger partial charge in [-0.1, -0.05) is 85.7 Å². The van der Waals surface area contributed by atoms with E-state index in [0.29, 0.717) is 47.7 Å². The maximum absolute atomic E-state index is 13.6. The van der Waals surface area contributed by atoms with Gasteiger partial charge in [-0.3, -0.25) is 9.59 Å². The third kappa shape index (κ3) is 11.6. The number of ketones is 2. The van der Waals surface area contributed by atoms with Gasteiger partial charge in [0, 0.05) is 25.2 Å². The summed E-state index contributed by atoms with van der Waals surface area (Å²) in [7, 11) is 1.52. The zero-order valence-corrected chi connectivity index (χ0v) is 40.0. The number of nitrogens with zero attached hydrogens (tertiary/aromatic N) is 1. The highest BCUT2D eigenvalue weighted by Gasteiger charge is 2.53. The lowest BCUT2D eigenvalue weighted by Crippen LogP contribution is -2.56. The molecule has 3 saturated carbocycles. The Morgan fingerprint density at radius 3 is 2.52 bits per heavy atom. The minimum Gasteiger partial charge on any atom is -0.504 e. The van der Waals surface area contributed by atoms with Crippen LogP contribution in [0.25, 0.3) is 6.08 Å². The zero-order valence-electron chi connectivity index (χ0n) is 40.0. The Morgan fingerprint density at radius 2 is 1.70 bits per heavy atom. The van der Waals surface area contributed by atoms with Crippen molar-refractivity contribution in [2.45, 2.75) is 128 Å². The Hall–Kier alpha value is -5.05. The average molecular weight is 903 g/mol. The number of nitrogens with one attached hydrogen (secondary N) is 2. The van der Waals surface area contributed by atoms with Gasteiger partial charge in [0.25, 0.3) is 0 Å². The summed E-state index contributed by atoms with van der Waals surface area (Å²) in [6, 6.07) is 25.4. The number of ether oxygens (including phenoxy) is 1. The molecule has 5 N–H and O–H groups in total.